The summed E-state index contributed by atoms with van der Waals surface area (Å²) in [6.07, 6.45) is 0.887. The first-order valence-corrected chi connectivity index (χ1v) is 9.57. The summed E-state index contributed by atoms with van der Waals surface area (Å²) in [4.78, 5) is 37.4. The zero-order valence-electron chi connectivity index (χ0n) is 14.4. The second-order valence-corrected chi connectivity index (χ2v) is 7.89. The second kappa shape index (κ2) is 7.48. The van der Waals surface area contributed by atoms with Crippen molar-refractivity contribution in [3.63, 3.8) is 0 Å². The molecule has 10 nitrogen and oxygen atoms in total. The maximum atomic E-state index is 13.9. The molecule has 1 amide bonds. The van der Waals surface area contributed by atoms with Gasteiger partial charge in [-0.1, -0.05) is 12.1 Å². The van der Waals surface area contributed by atoms with Gasteiger partial charge >= 0.3 is 0 Å². The first-order valence-electron chi connectivity index (χ1n) is 8.13. The van der Waals surface area contributed by atoms with Crippen LogP contribution in [0.2, 0.25) is 0 Å². The van der Waals surface area contributed by atoms with Gasteiger partial charge in [-0.25, -0.2) is 12.8 Å². The first kappa shape index (κ1) is 19.6. The molecule has 1 N–H and O–H groups in total. The largest absolute Gasteiger partial charge is 0.336 e. The van der Waals surface area contributed by atoms with E-state index in [-0.39, 0.29) is 26.2 Å². The fourth-order valence-electron chi connectivity index (χ4n) is 2.83. The van der Waals surface area contributed by atoms with E-state index < -0.39 is 48.4 Å². The van der Waals surface area contributed by atoms with Gasteiger partial charge in [-0.05, 0) is 12.1 Å². The molecule has 1 saturated heterocycles. The minimum absolute atomic E-state index is 0.0470. The maximum Gasteiger partial charge on any atom is 0.286 e. The summed E-state index contributed by atoms with van der Waals surface area (Å²) in [5.41, 5.74) is -1.62. The van der Waals surface area contributed by atoms with Gasteiger partial charge in [-0.3, -0.25) is 19.7 Å². The lowest BCUT2D eigenvalue weighted by Gasteiger charge is -2.33. The Balaban J connectivity index is 1.76. The van der Waals surface area contributed by atoms with E-state index in [0.717, 1.165) is 28.7 Å². The molecule has 28 heavy (non-hydrogen) atoms. The van der Waals surface area contributed by atoms with Crippen LogP contribution in [-0.4, -0.2) is 59.6 Å². The van der Waals surface area contributed by atoms with Gasteiger partial charge in [0.1, 0.15) is 16.3 Å². The van der Waals surface area contributed by atoms with Gasteiger partial charge in [0.15, 0.2) is 0 Å². The third-order valence-electron chi connectivity index (χ3n) is 4.31. The number of rotatable bonds is 4. The van der Waals surface area contributed by atoms with Crippen LogP contribution in [0.15, 0.2) is 46.2 Å². The number of aromatic amines is 1. The molecule has 1 aliphatic rings. The van der Waals surface area contributed by atoms with Crippen LogP contribution in [0, 0.1) is 15.9 Å². The number of sulfonamides is 1. The van der Waals surface area contributed by atoms with E-state index in [9.17, 15) is 32.5 Å². The van der Waals surface area contributed by atoms with Crippen LogP contribution < -0.4 is 5.56 Å². The lowest BCUT2D eigenvalue weighted by atomic mass is 10.2. The number of amides is 1. The number of pyridine rings is 1. The average Bonchev–Trinajstić information content (AvgIpc) is 2.68. The maximum absolute atomic E-state index is 13.9. The molecule has 0 saturated carbocycles. The number of nitrogens with zero attached hydrogens (tertiary/aromatic N) is 3. The van der Waals surface area contributed by atoms with Crippen molar-refractivity contribution in [3.8, 4) is 0 Å². The number of hydrogen-bond acceptors (Lipinski definition) is 6. The van der Waals surface area contributed by atoms with E-state index in [1.165, 1.54) is 17.0 Å². The topological polar surface area (TPSA) is 134 Å². The summed E-state index contributed by atoms with van der Waals surface area (Å²) in [5.74, 6) is -1.61. The number of halogens is 1. The summed E-state index contributed by atoms with van der Waals surface area (Å²) in [7, 11) is -4.07. The summed E-state index contributed by atoms with van der Waals surface area (Å²) in [6, 6.07) is 5.86. The zero-order valence-corrected chi connectivity index (χ0v) is 15.2. The smallest absolute Gasteiger partial charge is 0.286 e. The molecule has 1 fully saturated rings. The zero-order chi connectivity index (χ0) is 20.5. The van der Waals surface area contributed by atoms with E-state index in [1.54, 1.807) is 0 Å². The summed E-state index contributed by atoms with van der Waals surface area (Å²) < 4.78 is 40.1. The van der Waals surface area contributed by atoms with Gasteiger partial charge < -0.3 is 9.88 Å². The number of aromatic nitrogens is 1. The molecule has 12 heteroatoms. The number of piperazine rings is 1. The van der Waals surface area contributed by atoms with Gasteiger partial charge in [0.25, 0.3) is 17.2 Å². The molecule has 3 rings (SSSR count). The van der Waals surface area contributed by atoms with Gasteiger partial charge in [0.2, 0.25) is 10.0 Å². The molecule has 1 aromatic carbocycles. The van der Waals surface area contributed by atoms with Gasteiger partial charge in [-0.15, -0.1) is 0 Å². The Morgan fingerprint density at radius 1 is 1.18 bits per heavy atom. The molecule has 1 aliphatic heterocycles. The van der Waals surface area contributed by atoms with E-state index in [1.807, 2.05) is 0 Å². The fourth-order valence-corrected chi connectivity index (χ4v) is 4.32. The predicted octanol–water partition coefficient (Wildman–Crippen LogP) is 0.569. The van der Waals surface area contributed by atoms with Crippen molar-refractivity contribution in [2.45, 2.75) is 4.90 Å². The van der Waals surface area contributed by atoms with Crippen LogP contribution in [-0.2, 0) is 10.0 Å². The van der Waals surface area contributed by atoms with Crippen LogP contribution in [0.4, 0.5) is 10.1 Å². The standard InChI is InChI=1S/C16H15FN4O6S/c17-13-3-1-2-4-14(13)28(26,27)20-7-5-19(6-8-20)16(23)12-9-11(21(24)25)10-18-15(12)22/h1-4,9-10H,5-8H2,(H,18,22). The molecular weight excluding hydrogens is 395 g/mol. The Morgan fingerprint density at radius 3 is 2.43 bits per heavy atom. The van der Waals surface area contributed by atoms with Crippen LogP contribution >= 0.6 is 0 Å². The number of nitrogens with one attached hydrogen (secondary N) is 1. The van der Waals surface area contributed by atoms with Crippen molar-refractivity contribution in [1.29, 1.82) is 0 Å². The van der Waals surface area contributed by atoms with Crippen molar-refractivity contribution in [3.05, 3.63) is 68.4 Å². The van der Waals surface area contributed by atoms with Crippen LogP contribution in [0.25, 0.3) is 0 Å². The lowest BCUT2D eigenvalue weighted by molar-refractivity contribution is -0.385. The monoisotopic (exact) mass is 410 g/mol. The van der Waals surface area contributed by atoms with Crippen LogP contribution in [0.5, 0.6) is 0 Å². The van der Waals surface area contributed by atoms with Crippen LogP contribution in [0.3, 0.4) is 0 Å². The van der Waals surface area contributed by atoms with Crippen molar-refractivity contribution >= 4 is 21.6 Å². The Kier molecular flexibility index (Phi) is 5.25. The average molecular weight is 410 g/mol. The van der Waals surface area contributed by atoms with E-state index in [4.69, 9.17) is 0 Å². The van der Waals surface area contributed by atoms with E-state index >= 15 is 0 Å². The summed E-state index contributed by atoms with van der Waals surface area (Å²) >= 11 is 0. The minimum Gasteiger partial charge on any atom is -0.336 e. The first-order chi connectivity index (χ1) is 13.2. The van der Waals surface area contributed by atoms with E-state index in [0.29, 0.717) is 0 Å². The Hall–Kier alpha value is -3.12. The SMILES string of the molecule is O=C(c1cc([N+](=O)[O-])c[nH]c1=O)N1CCN(S(=O)(=O)c2ccccc2F)CC1. The van der Waals surface area contributed by atoms with Crippen molar-refractivity contribution in [2.24, 2.45) is 0 Å². The fraction of sp³-hybridized carbons (Fsp3) is 0.250. The third-order valence-corrected chi connectivity index (χ3v) is 6.24. The molecule has 0 unspecified atom stereocenters. The molecule has 2 aromatic rings. The molecule has 0 atom stereocenters. The Bertz CT molecular complexity index is 1090. The molecule has 1 aromatic heterocycles. The highest BCUT2D eigenvalue weighted by Gasteiger charge is 2.32. The molecule has 2 heterocycles. The van der Waals surface area contributed by atoms with Crippen molar-refractivity contribution in [1.82, 2.24) is 14.2 Å². The van der Waals surface area contributed by atoms with Crippen LogP contribution in [0.1, 0.15) is 10.4 Å². The van der Waals surface area contributed by atoms with Crippen molar-refractivity contribution in [2.75, 3.05) is 26.2 Å². The third kappa shape index (κ3) is 3.64. The summed E-state index contributed by atoms with van der Waals surface area (Å²) in [5, 5.41) is 10.8. The predicted molar refractivity (Wildman–Crippen MR) is 94.8 cm³/mol. The van der Waals surface area contributed by atoms with Crippen molar-refractivity contribution < 1.29 is 22.5 Å². The Morgan fingerprint density at radius 2 is 1.82 bits per heavy atom. The number of carbonyl (C=O) groups excluding carboxylic acids is 1. The highest BCUT2D eigenvalue weighted by molar-refractivity contribution is 7.89. The summed E-state index contributed by atoms with van der Waals surface area (Å²) in [6.45, 7) is -0.298. The lowest BCUT2D eigenvalue weighted by Crippen LogP contribution is -2.51. The Labute approximate surface area is 158 Å². The molecule has 0 aliphatic carbocycles. The minimum atomic E-state index is -4.07. The molecule has 148 valence electrons. The molecular formula is C16H15FN4O6S. The van der Waals surface area contributed by atoms with Gasteiger partial charge in [-0.2, -0.15) is 4.31 Å². The number of H-pyrrole nitrogens is 1. The van der Waals surface area contributed by atoms with E-state index in [2.05, 4.69) is 4.98 Å². The second-order valence-electron chi connectivity index (χ2n) is 5.98. The number of nitro groups is 1. The van der Waals surface area contributed by atoms with Gasteiger partial charge in [0.05, 0.1) is 11.1 Å². The number of benzene rings is 1. The molecule has 0 bridgehead atoms. The number of hydrogen-bond donors (Lipinski definition) is 1. The normalized spacial score (nSPS) is 15.4. The highest BCUT2D eigenvalue weighted by atomic mass is 32.2. The van der Waals surface area contributed by atoms with Gasteiger partial charge in [0, 0.05) is 32.2 Å². The number of carbonyl (C=O) groups is 1. The highest BCUT2D eigenvalue weighted by Crippen LogP contribution is 2.21. The quantitative estimate of drug-likeness (QED) is 0.579. The molecule has 0 radical (unpaired) electrons. The molecule has 0 spiro atoms.